The van der Waals surface area contributed by atoms with Gasteiger partial charge in [-0.2, -0.15) is 0 Å². The Morgan fingerprint density at radius 3 is 2.47 bits per heavy atom. The molecule has 1 aliphatic carbocycles. The van der Waals surface area contributed by atoms with E-state index in [4.69, 9.17) is 0 Å². The Kier molecular flexibility index (Phi) is 4.45. The Bertz CT molecular complexity index is 359. The fourth-order valence-electron chi connectivity index (χ4n) is 3.45. The zero-order valence-corrected chi connectivity index (χ0v) is 11.8. The summed E-state index contributed by atoms with van der Waals surface area (Å²) in [5, 5.41) is 9.19. The summed E-state index contributed by atoms with van der Waals surface area (Å²) in [5.41, 5.74) is 0. The van der Waals surface area contributed by atoms with E-state index in [0.29, 0.717) is 6.42 Å². The van der Waals surface area contributed by atoms with Gasteiger partial charge in [0.15, 0.2) is 0 Å². The molecule has 0 aromatic heterocycles. The number of rotatable bonds is 3. The number of hydrogen-bond acceptors (Lipinski definition) is 3. The summed E-state index contributed by atoms with van der Waals surface area (Å²) in [4.78, 5) is 27.7. The molecule has 0 radical (unpaired) electrons. The van der Waals surface area contributed by atoms with Gasteiger partial charge in [0.2, 0.25) is 5.91 Å². The van der Waals surface area contributed by atoms with Crippen LogP contribution >= 0.6 is 0 Å². The number of piperidine rings is 1. The van der Waals surface area contributed by atoms with Crippen molar-refractivity contribution in [3.8, 4) is 0 Å². The van der Waals surface area contributed by atoms with E-state index in [2.05, 4.69) is 11.9 Å². The van der Waals surface area contributed by atoms with E-state index in [1.165, 1.54) is 0 Å². The van der Waals surface area contributed by atoms with Crippen molar-refractivity contribution in [2.24, 2.45) is 11.8 Å². The van der Waals surface area contributed by atoms with Crippen LogP contribution < -0.4 is 0 Å². The molecule has 19 heavy (non-hydrogen) atoms. The van der Waals surface area contributed by atoms with Crippen LogP contribution in [0.25, 0.3) is 0 Å². The smallest absolute Gasteiger partial charge is 0.307 e. The van der Waals surface area contributed by atoms with E-state index < -0.39 is 11.9 Å². The van der Waals surface area contributed by atoms with E-state index in [-0.39, 0.29) is 17.9 Å². The minimum absolute atomic E-state index is 0.0326. The molecule has 2 rings (SSSR count). The molecule has 1 heterocycles. The molecule has 1 saturated heterocycles. The van der Waals surface area contributed by atoms with Crippen molar-refractivity contribution in [1.29, 1.82) is 0 Å². The van der Waals surface area contributed by atoms with Gasteiger partial charge in [0.25, 0.3) is 0 Å². The Morgan fingerprint density at radius 1 is 1.16 bits per heavy atom. The van der Waals surface area contributed by atoms with Crippen LogP contribution in [0.2, 0.25) is 0 Å². The first-order valence-corrected chi connectivity index (χ1v) is 7.18. The Morgan fingerprint density at radius 2 is 1.84 bits per heavy atom. The predicted octanol–water partition coefficient (Wildman–Crippen LogP) is 1.04. The number of aliphatic carboxylic acids is 1. The largest absolute Gasteiger partial charge is 0.481 e. The average molecular weight is 268 g/mol. The number of carbonyl (C=O) groups is 2. The molecule has 1 saturated carbocycles. The lowest BCUT2D eigenvalue weighted by Crippen LogP contribution is -2.49. The molecule has 0 bridgehead atoms. The maximum absolute atomic E-state index is 12.5. The minimum Gasteiger partial charge on any atom is -0.481 e. The minimum atomic E-state index is -0.815. The van der Waals surface area contributed by atoms with Gasteiger partial charge in [0.1, 0.15) is 0 Å². The summed E-state index contributed by atoms with van der Waals surface area (Å²) in [7, 11) is 3.91. The summed E-state index contributed by atoms with van der Waals surface area (Å²) in [6.07, 6.45) is 4.35. The van der Waals surface area contributed by atoms with Crippen molar-refractivity contribution in [2.75, 3.05) is 27.2 Å². The number of carbonyl (C=O) groups excluding carboxylic acids is 1. The van der Waals surface area contributed by atoms with Crippen molar-refractivity contribution >= 4 is 11.9 Å². The number of likely N-dealkylation sites (N-methyl/N-ethyl adjacent to an activating group) is 2. The average Bonchev–Trinajstić information content (AvgIpc) is 2.86. The lowest BCUT2D eigenvalue weighted by Gasteiger charge is -2.37. The van der Waals surface area contributed by atoms with Crippen LogP contribution in [-0.2, 0) is 9.59 Å². The van der Waals surface area contributed by atoms with Crippen LogP contribution in [0.1, 0.15) is 32.1 Å². The summed E-state index contributed by atoms with van der Waals surface area (Å²) in [6, 6.07) is 0.237. The van der Waals surface area contributed by atoms with Gasteiger partial charge in [-0.25, -0.2) is 0 Å². The van der Waals surface area contributed by atoms with Gasteiger partial charge in [0.05, 0.1) is 11.8 Å². The SMILES string of the molecule is CN1CCCC(N(C)C(=O)[C@@H]2CCC[C@@H]2C(=O)O)C1. The monoisotopic (exact) mass is 268 g/mol. The van der Waals surface area contributed by atoms with Crippen molar-refractivity contribution in [1.82, 2.24) is 9.80 Å². The number of amides is 1. The maximum Gasteiger partial charge on any atom is 0.307 e. The molecule has 3 atom stereocenters. The van der Waals surface area contributed by atoms with Crippen LogP contribution in [0, 0.1) is 11.8 Å². The molecular weight excluding hydrogens is 244 g/mol. The molecule has 2 fully saturated rings. The highest BCUT2D eigenvalue weighted by Crippen LogP contribution is 2.34. The predicted molar refractivity (Wildman–Crippen MR) is 71.8 cm³/mol. The topological polar surface area (TPSA) is 60.9 Å². The van der Waals surface area contributed by atoms with Crippen LogP contribution in [0.5, 0.6) is 0 Å². The molecular formula is C14H24N2O3. The van der Waals surface area contributed by atoms with Gasteiger partial charge in [-0.05, 0) is 39.3 Å². The van der Waals surface area contributed by atoms with E-state index >= 15 is 0 Å². The van der Waals surface area contributed by atoms with Gasteiger partial charge in [0, 0.05) is 19.6 Å². The quantitative estimate of drug-likeness (QED) is 0.831. The molecule has 1 amide bonds. The van der Waals surface area contributed by atoms with E-state index in [1.54, 1.807) is 0 Å². The van der Waals surface area contributed by atoms with Gasteiger partial charge in [-0.15, -0.1) is 0 Å². The normalized spacial score (nSPS) is 32.2. The van der Waals surface area contributed by atoms with Crippen LogP contribution in [0.3, 0.4) is 0 Å². The summed E-state index contributed by atoms with van der Waals surface area (Å²) < 4.78 is 0. The van der Waals surface area contributed by atoms with Crippen LogP contribution in [0.15, 0.2) is 0 Å². The van der Waals surface area contributed by atoms with Crippen molar-refractivity contribution in [3.63, 3.8) is 0 Å². The first-order valence-electron chi connectivity index (χ1n) is 7.18. The third-order valence-electron chi connectivity index (χ3n) is 4.65. The summed E-state index contributed by atoms with van der Waals surface area (Å²) >= 11 is 0. The Labute approximate surface area is 114 Å². The first-order chi connectivity index (χ1) is 9.00. The van der Waals surface area contributed by atoms with E-state index in [9.17, 15) is 14.7 Å². The van der Waals surface area contributed by atoms with E-state index in [1.807, 2.05) is 11.9 Å². The highest BCUT2D eigenvalue weighted by Gasteiger charge is 2.40. The lowest BCUT2D eigenvalue weighted by atomic mass is 9.93. The van der Waals surface area contributed by atoms with Gasteiger partial charge >= 0.3 is 5.97 Å². The molecule has 0 aromatic carbocycles. The van der Waals surface area contributed by atoms with E-state index in [0.717, 1.165) is 38.8 Å². The molecule has 0 spiro atoms. The second kappa shape index (κ2) is 5.90. The molecule has 0 aromatic rings. The molecule has 5 heteroatoms. The second-order valence-electron chi connectivity index (χ2n) is 5.99. The highest BCUT2D eigenvalue weighted by atomic mass is 16.4. The zero-order chi connectivity index (χ0) is 14.0. The highest BCUT2D eigenvalue weighted by molar-refractivity contribution is 5.85. The van der Waals surface area contributed by atoms with Gasteiger partial charge in [-0.1, -0.05) is 6.42 Å². The number of carboxylic acids is 1. The number of carboxylic acid groups (broad SMARTS) is 1. The molecule has 1 N–H and O–H groups in total. The second-order valence-corrected chi connectivity index (χ2v) is 5.99. The Hall–Kier alpha value is -1.10. The molecule has 1 unspecified atom stereocenters. The first kappa shape index (κ1) is 14.3. The van der Waals surface area contributed by atoms with Crippen LogP contribution in [0.4, 0.5) is 0 Å². The summed E-state index contributed by atoms with van der Waals surface area (Å²) in [5.74, 6) is -1.57. The van der Waals surface area contributed by atoms with Gasteiger partial charge in [-0.3, -0.25) is 9.59 Å². The summed E-state index contributed by atoms with van der Waals surface area (Å²) in [6.45, 7) is 1.98. The number of nitrogens with zero attached hydrogens (tertiary/aromatic N) is 2. The fraction of sp³-hybridized carbons (Fsp3) is 0.857. The van der Waals surface area contributed by atoms with Gasteiger partial charge < -0.3 is 14.9 Å². The number of likely N-dealkylation sites (tertiary alicyclic amines) is 1. The molecule has 1 aliphatic heterocycles. The lowest BCUT2D eigenvalue weighted by molar-refractivity contribution is -0.149. The molecule has 2 aliphatic rings. The third-order valence-corrected chi connectivity index (χ3v) is 4.65. The standard InChI is InChI=1S/C14H24N2O3/c1-15-8-4-5-10(9-15)16(2)13(17)11-6-3-7-12(11)14(18)19/h10-12H,3-9H2,1-2H3,(H,18,19)/t10?,11-,12+/m1/s1. The Balaban J connectivity index is 2.00. The van der Waals surface area contributed by atoms with Crippen molar-refractivity contribution in [2.45, 2.75) is 38.1 Å². The molecule has 108 valence electrons. The zero-order valence-electron chi connectivity index (χ0n) is 11.8. The van der Waals surface area contributed by atoms with Crippen LogP contribution in [-0.4, -0.2) is 60.0 Å². The van der Waals surface area contributed by atoms with Crippen molar-refractivity contribution < 1.29 is 14.7 Å². The third kappa shape index (κ3) is 3.08. The maximum atomic E-state index is 12.5. The number of hydrogen-bond donors (Lipinski definition) is 1. The fourth-order valence-corrected chi connectivity index (χ4v) is 3.45. The molecule has 5 nitrogen and oxygen atoms in total. The van der Waals surface area contributed by atoms with Crippen molar-refractivity contribution in [3.05, 3.63) is 0 Å².